The Kier molecular flexibility index (Phi) is 4.82. The summed E-state index contributed by atoms with van der Waals surface area (Å²) in [6.07, 6.45) is 0. The van der Waals surface area contributed by atoms with Gasteiger partial charge in [0.1, 0.15) is 6.54 Å². The predicted octanol–water partition coefficient (Wildman–Crippen LogP) is 1.07. The molecule has 122 valence electrons. The molecule has 1 aromatic carbocycles. The number of para-hydroxylation sites is 2. The third-order valence-electron chi connectivity index (χ3n) is 3.60. The van der Waals surface area contributed by atoms with Gasteiger partial charge in [-0.05, 0) is 12.1 Å². The van der Waals surface area contributed by atoms with Crippen molar-refractivity contribution < 1.29 is 19.4 Å². The Hall–Kier alpha value is -2.06. The molecular weight excluding hydrogens is 318 g/mol. The van der Waals surface area contributed by atoms with Gasteiger partial charge in [0.05, 0.1) is 30.0 Å². The molecular formula is C15H17N3O4S. The zero-order valence-corrected chi connectivity index (χ0v) is 13.3. The minimum atomic E-state index is -0.909. The Labute approximate surface area is 137 Å². The van der Waals surface area contributed by atoms with Crippen LogP contribution in [0.2, 0.25) is 0 Å². The normalized spacial score (nSPS) is 15.0. The fourth-order valence-corrected chi connectivity index (χ4v) is 3.22. The number of fused-ring (bicyclic) bond motifs is 1. The van der Waals surface area contributed by atoms with Gasteiger partial charge >= 0.3 is 5.97 Å². The molecule has 1 N–H and O–H groups in total. The molecule has 23 heavy (non-hydrogen) atoms. The molecule has 1 aromatic heterocycles. The lowest BCUT2D eigenvalue weighted by Crippen LogP contribution is -2.42. The average molecular weight is 335 g/mol. The van der Waals surface area contributed by atoms with Crippen LogP contribution in [0.25, 0.3) is 11.0 Å². The van der Waals surface area contributed by atoms with E-state index in [0.29, 0.717) is 31.5 Å². The van der Waals surface area contributed by atoms with Crippen molar-refractivity contribution in [3.63, 3.8) is 0 Å². The number of carboxylic acid groups (broad SMARTS) is 1. The smallest absolute Gasteiger partial charge is 0.313 e. The SMILES string of the molecule is O=C(O)CSc1nc2ccccc2n1CC(=O)N1CCOCC1. The van der Waals surface area contributed by atoms with Gasteiger partial charge in [-0.1, -0.05) is 23.9 Å². The molecule has 7 nitrogen and oxygen atoms in total. The number of carbonyl (C=O) groups excluding carboxylic acids is 1. The van der Waals surface area contributed by atoms with Crippen LogP contribution in [-0.2, 0) is 20.9 Å². The van der Waals surface area contributed by atoms with Gasteiger partial charge in [-0.15, -0.1) is 0 Å². The lowest BCUT2D eigenvalue weighted by molar-refractivity contribution is -0.136. The molecule has 2 heterocycles. The van der Waals surface area contributed by atoms with Crippen molar-refractivity contribution in [2.45, 2.75) is 11.7 Å². The summed E-state index contributed by atoms with van der Waals surface area (Å²) in [5, 5.41) is 9.43. The van der Waals surface area contributed by atoms with E-state index in [4.69, 9.17) is 9.84 Å². The topological polar surface area (TPSA) is 84.7 Å². The average Bonchev–Trinajstić information content (AvgIpc) is 2.91. The molecule has 1 fully saturated rings. The Balaban J connectivity index is 1.85. The number of thioether (sulfide) groups is 1. The van der Waals surface area contributed by atoms with Crippen LogP contribution in [0.3, 0.4) is 0 Å². The third-order valence-corrected chi connectivity index (χ3v) is 4.56. The van der Waals surface area contributed by atoms with Crippen molar-refractivity contribution >= 4 is 34.7 Å². The van der Waals surface area contributed by atoms with Gasteiger partial charge in [-0.3, -0.25) is 9.59 Å². The highest BCUT2D eigenvalue weighted by atomic mass is 32.2. The minimum Gasteiger partial charge on any atom is -0.481 e. The standard InChI is InChI=1S/C15H17N3O4S/c19-13(17-5-7-22-8-6-17)9-18-12-4-2-1-3-11(12)16-15(18)23-10-14(20)21/h1-4H,5-10H2,(H,20,21). The number of aliphatic carboxylic acids is 1. The van der Waals surface area contributed by atoms with Crippen LogP contribution < -0.4 is 0 Å². The first-order valence-electron chi connectivity index (χ1n) is 7.30. The van der Waals surface area contributed by atoms with E-state index in [1.807, 2.05) is 24.3 Å². The van der Waals surface area contributed by atoms with Gasteiger partial charge in [-0.2, -0.15) is 0 Å². The molecule has 1 amide bonds. The maximum Gasteiger partial charge on any atom is 0.313 e. The van der Waals surface area contributed by atoms with E-state index in [1.165, 1.54) is 0 Å². The molecule has 0 saturated carbocycles. The quantitative estimate of drug-likeness (QED) is 0.823. The molecule has 0 bridgehead atoms. The molecule has 0 unspecified atom stereocenters. The van der Waals surface area contributed by atoms with Crippen LogP contribution >= 0.6 is 11.8 Å². The summed E-state index contributed by atoms with van der Waals surface area (Å²) in [7, 11) is 0. The van der Waals surface area contributed by atoms with Crippen LogP contribution in [0.1, 0.15) is 0 Å². The van der Waals surface area contributed by atoms with E-state index < -0.39 is 5.97 Å². The first kappa shape index (κ1) is 15.8. The summed E-state index contributed by atoms with van der Waals surface area (Å²) in [5.74, 6) is -1.00. The number of carboxylic acids is 1. The fourth-order valence-electron chi connectivity index (χ4n) is 2.49. The number of hydrogen-bond acceptors (Lipinski definition) is 5. The van der Waals surface area contributed by atoms with E-state index in [1.54, 1.807) is 9.47 Å². The number of hydrogen-bond donors (Lipinski definition) is 1. The second-order valence-corrected chi connectivity index (χ2v) is 6.09. The summed E-state index contributed by atoms with van der Waals surface area (Å²) >= 11 is 1.13. The number of aromatic nitrogens is 2. The summed E-state index contributed by atoms with van der Waals surface area (Å²) < 4.78 is 7.05. The summed E-state index contributed by atoms with van der Waals surface area (Å²) in [6.45, 7) is 2.43. The molecule has 1 saturated heterocycles. The highest BCUT2D eigenvalue weighted by Crippen LogP contribution is 2.24. The Morgan fingerprint density at radius 2 is 2.00 bits per heavy atom. The number of imidazole rings is 1. The first-order chi connectivity index (χ1) is 11.1. The van der Waals surface area contributed by atoms with Crippen molar-refractivity contribution in [3.8, 4) is 0 Å². The number of amides is 1. The lowest BCUT2D eigenvalue weighted by atomic mass is 10.3. The number of rotatable bonds is 5. The second-order valence-electron chi connectivity index (χ2n) is 5.14. The maximum absolute atomic E-state index is 12.5. The number of ether oxygens (including phenoxy) is 1. The zero-order chi connectivity index (χ0) is 16.2. The molecule has 0 atom stereocenters. The van der Waals surface area contributed by atoms with Crippen LogP contribution in [0.4, 0.5) is 0 Å². The van der Waals surface area contributed by atoms with Gasteiger partial charge in [0, 0.05) is 13.1 Å². The predicted molar refractivity (Wildman–Crippen MR) is 85.5 cm³/mol. The Morgan fingerprint density at radius 1 is 1.26 bits per heavy atom. The molecule has 2 aromatic rings. The van der Waals surface area contributed by atoms with Gasteiger partial charge < -0.3 is 19.3 Å². The molecule has 8 heteroatoms. The lowest BCUT2D eigenvalue weighted by Gasteiger charge is -2.27. The van der Waals surface area contributed by atoms with Crippen LogP contribution in [-0.4, -0.2) is 63.5 Å². The first-order valence-corrected chi connectivity index (χ1v) is 8.29. The molecule has 0 spiro atoms. The maximum atomic E-state index is 12.5. The minimum absolute atomic E-state index is 0.00590. The van der Waals surface area contributed by atoms with Crippen molar-refractivity contribution in [2.75, 3.05) is 32.1 Å². The van der Waals surface area contributed by atoms with Gasteiger partial charge in [0.15, 0.2) is 5.16 Å². The van der Waals surface area contributed by atoms with Crippen molar-refractivity contribution in [1.29, 1.82) is 0 Å². The monoisotopic (exact) mass is 335 g/mol. The van der Waals surface area contributed by atoms with E-state index in [2.05, 4.69) is 4.98 Å². The number of carbonyl (C=O) groups is 2. The summed E-state index contributed by atoms with van der Waals surface area (Å²) in [4.78, 5) is 29.5. The fraction of sp³-hybridized carbons (Fsp3) is 0.400. The van der Waals surface area contributed by atoms with Crippen LogP contribution in [0, 0.1) is 0 Å². The molecule has 0 aliphatic carbocycles. The Bertz CT molecular complexity index is 725. The van der Waals surface area contributed by atoms with Crippen LogP contribution in [0.5, 0.6) is 0 Å². The molecule has 1 aliphatic rings. The second kappa shape index (κ2) is 7.01. The van der Waals surface area contributed by atoms with Gasteiger partial charge in [-0.25, -0.2) is 4.98 Å². The summed E-state index contributed by atoms with van der Waals surface area (Å²) in [6, 6.07) is 7.50. The number of morpholine rings is 1. The highest BCUT2D eigenvalue weighted by Gasteiger charge is 2.20. The van der Waals surface area contributed by atoms with E-state index in [0.717, 1.165) is 22.8 Å². The largest absolute Gasteiger partial charge is 0.481 e. The highest BCUT2D eigenvalue weighted by molar-refractivity contribution is 7.99. The van der Waals surface area contributed by atoms with Gasteiger partial charge in [0.25, 0.3) is 0 Å². The summed E-state index contributed by atoms with van der Waals surface area (Å²) in [5.41, 5.74) is 1.59. The number of benzene rings is 1. The van der Waals surface area contributed by atoms with E-state index >= 15 is 0 Å². The van der Waals surface area contributed by atoms with Gasteiger partial charge in [0.2, 0.25) is 5.91 Å². The van der Waals surface area contributed by atoms with E-state index in [-0.39, 0.29) is 18.2 Å². The van der Waals surface area contributed by atoms with Crippen molar-refractivity contribution in [1.82, 2.24) is 14.5 Å². The number of nitrogens with zero attached hydrogens (tertiary/aromatic N) is 3. The third kappa shape index (κ3) is 3.65. The van der Waals surface area contributed by atoms with Crippen molar-refractivity contribution in [3.05, 3.63) is 24.3 Å². The van der Waals surface area contributed by atoms with Crippen LogP contribution in [0.15, 0.2) is 29.4 Å². The molecule has 3 rings (SSSR count). The molecule has 0 radical (unpaired) electrons. The molecule has 1 aliphatic heterocycles. The van der Waals surface area contributed by atoms with E-state index in [9.17, 15) is 9.59 Å². The van der Waals surface area contributed by atoms with Crippen molar-refractivity contribution in [2.24, 2.45) is 0 Å². The zero-order valence-electron chi connectivity index (χ0n) is 12.5. The Morgan fingerprint density at radius 3 is 2.74 bits per heavy atom.